The van der Waals surface area contributed by atoms with Crippen LogP contribution in [0.25, 0.3) is 16.6 Å². The molecular weight excluding hydrogens is 426 g/mol. The summed E-state index contributed by atoms with van der Waals surface area (Å²) < 4.78 is 7.37. The minimum atomic E-state index is 0.0469. The van der Waals surface area contributed by atoms with Crippen LogP contribution in [0.5, 0.6) is 0 Å². The molecule has 176 valence electrons. The summed E-state index contributed by atoms with van der Waals surface area (Å²) in [5.41, 5.74) is 7.32. The maximum absolute atomic E-state index is 12.7. The summed E-state index contributed by atoms with van der Waals surface area (Å²) in [4.78, 5) is 20.0. The number of carbonyl (C=O) groups is 1. The number of nitrogens with one attached hydrogen (secondary N) is 1. The zero-order chi connectivity index (χ0) is 23.5. The van der Waals surface area contributed by atoms with E-state index in [1.54, 1.807) is 0 Å². The number of morpholine rings is 1. The van der Waals surface area contributed by atoms with Gasteiger partial charge in [-0.05, 0) is 49.1 Å². The average molecular weight is 458 g/mol. The fourth-order valence-electron chi connectivity index (χ4n) is 4.74. The number of amides is 1. The number of hydrogen-bond donors (Lipinski definition) is 1. The summed E-state index contributed by atoms with van der Waals surface area (Å²) in [5, 5.41) is 8.89. The minimum absolute atomic E-state index is 0.0469. The third kappa shape index (κ3) is 4.67. The molecule has 0 saturated carbocycles. The minimum Gasteiger partial charge on any atom is -0.379 e. The van der Waals surface area contributed by atoms with Gasteiger partial charge in [-0.15, -0.1) is 0 Å². The lowest BCUT2D eigenvalue weighted by Gasteiger charge is -2.27. The Balaban J connectivity index is 1.24. The molecule has 0 atom stereocenters. The molecule has 0 aliphatic carbocycles. The maximum Gasteiger partial charge on any atom is 0.220 e. The average Bonchev–Trinajstić information content (AvgIpc) is 3.23. The Labute approximate surface area is 199 Å². The van der Waals surface area contributed by atoms with Crippen molar-refractivity contribution >= 4 is 22.5 Å². The lowest BCUT2D eigenvalue weighted by Crippen LogP contribution is -2.36. The van der Waals surface area contributed by atoms with E-state index in [2.05, 4.69) is 35.3 Å². The van der Waals surface area contributed by atoms with Crippen molar-refractivity contribution in [1.29, 1.82) is 0 Å². The van der Waals surface area contributed by atoms with E-state index < -0.39 is 0 Å². The number of hydrogen-bond acceptors (Lipinski definition) is 5. The van der Waals surface area contributed by atoms with E-state index in [1.807, 2.05) is 41.8 Å². The van der Waals surface area contributed by atoms with Gasteiger partial charge in [0.1, 0.15) is 0 Å². The number of aryl methyl sites for hydroxylation is 2. The molecule has 3 heterocycles. The van der Waals surface area contributed by atoms with Gasteiger partial charge in [-0.3, -0.25) is 9.69 Å². The first-order valence-corrected chi connectivity index (χ1v) is 12.0. The molecule has 1 aliphatic rings. The summed E-state index contributed by atoms with van der Waals surface area (Å²) in [5.74, 6) is 0.0469. The smallest absolute Gasteiger partial charge is 0.220 e. The molecule has 34 heavy (non-hydrogen) atoms. The van der Waals surface area contributed by atoms with Crippen LogP contribution in [-0.2, 0) is 29.0 Å². The molecule has 2 aromatic carbocycles. The molecule has 0 bridgehead atoms. The Bertz CT molecular complexity index is 1320. The highest BCUT2D eigenvalue weighted by Crippen LogP contribution is 2.23. The predicted octanol–water partition coefficient (Wildman–Crippen LogP) is 3.58. The number of benzene rings is 2. The zero-order valence-electron chi connectivity index (χ0n) is 19.9. The van der Waals surface area contributed by atoms with E-state index in [-0.39, 0.29) is 5.91 Å². The van der Waals surface area contributed by atoms with Crippen molar-refractivity contribution in [2.75, 3.05) is 26.3 Å². The first-order valence-electron chi connectivity index (χ1n) is 12.0. The molecule has 7 heteroatoms. The number of nitrogens with zero attached hydrogens (tertiary/aromatic N) is 4. The molecule has 1 saturated heterocycles. The van der Waals surface area contributed by atoms with Crippen LogP contribution in [0.4, 0.5) is 0 Å². The van der Waals surface area contributed by atoms with Gasteiger partial charge in [0, 0.05) is 49.4 Å². The van der Waals surface area contributed by atoms with E-state index in [1.165, 1.54) is 11.1 Å². The van der Waals surface area contributed by atoms with Crippen LogP contribution in [0, 0.1) is 13.8 Å². The maximum atomic E-state index is 12.7. The quantitative estimate of drug-likeness (QED) is 0.459. The Morgan fingerprint density at radius 2 is 1.76 bits per heavy atom. The summed E-state index contributed by atoms with van der Waals surface area (Å²) in [6.07, 6.45) is 1.05. The van der Waals surface area contributed by atoms with Crippen LogP contribution < -0.4 is 5.32 Å². The first kappa shape index (κ1) is 22.5. The second kappa shape index (κ2) is 9.91. The molecule has 1 N–H and O–H groups in total. The highest BCUT2D eigenvalue weighted by molar-refractivity contribution is 5.92. The second-order valence-electron chi connectivity index (χ2n) is 8.95. The van der Waals surface area contributed by atoms with Crippen LogP contribution in [0.15, 0.2) is 48.5 Å². The van der Waals surface area contributed by atoms with Gasteiger partial charge in [-0.25, -0.2) is 9.50 Å². The number of aromatic nitrogens is 3. The van der Waals surface area contributed by atoms with Gasteiger partial charge in [0.05, 0.1) is 18.7 Å². The Kier molecular flexibility index (Phi) is 6.56. The molecule has 7 nitrogen and oxygen atoms in total. The van der Waals surface area contributed by atoms with Gasteiger partial charge < -0.3 is 10.1 Å². The molecule has 1 amide bonds. The molecule has 0 spiro atoms. The largest absolute Gasteiger partial charge is 0.379 e. The summed E-state index contributed by atoms with van der Waals surface area (Å²) in [7, 11) is 0. The van der Waals surface area contributed by atoms with Crippen molar-refractivity contribution in [2.24, 2.45) is 0 Å². The molecular formula is C27H31N5O2. The van der Waals surface area contributed by atoms with E-state index in [0.717, 1.165) is 66.3 Å². The molecule has 0 unspecified atom stereocenters. The third-order valence-corrected chi connectivity index (χ3v) is 6.71. The SMILES string of the molecule is Cc1nc2c3ccccc3nn2c(C)c1CCC(=O)NCc1ccccc1CN1CCOCC1. The van der Waals surface area contributed by atoms with Crippen LogP contribution in [0.1, 0.15) is 34.5 Å². The Hall–Kier alpha value is -3.29. The lowest BCUT2D eigenvalue weighted by molar-refractivity contribution is -0.121. The summed E-state index contributed by atoms with van der Waals surface area (Å²) >= 11 is 0. The van der Waals surface area contributed by atoms with Crippen molar-refractivity contribution in [3.63, 3.8) is 0 Å². The van der Waals surface area contributed by atoms with Crippen LogP contribution in [0.3, 0.4) is 0 Å². The van der Waals surface area contributed by atoms with Gasteiger partial charge in [0.2, 0.25) is 5.91 Å². The number of rotatable bonds is 7. The molecule has 2 aromatic heterocycles. The predicted molar refractivity (Wildman–Crippen MR) is 133 cm³/mol. The van der Waals surface area contributed by atoms with Crippen LogP contribution in [-0.4, -0.2) is 51.7 Å². The lowest BCUT2D eigenvalue weighted by atomic mass is 10.1. The van der Waals surface area contributed by atoms with Crippen LogP contribution >= 0.6 is 0 Å². The fourth-order valence-corrected chi connectivity index (χ4v) is 4.74. The normalized spacial score (nSPS) is 14.6. The number of carbonyl (C=O) groups excluding carboxylic acids is 1. The molecule has 1 aliphatic heterocycles. The van der Waals surface area contributed by atoms with E-state index in [9.17, 15) is 4.79 Å². The number of fused-ring (bicyclic) bond motifs is 3. The molecule has 4 aromatic rings. The summed E-state index contributed by atoms with van der Waals surface area (Å²) in [6.45, 7) is 8.97. The highest BCUT2D eigenvalue weighted by Gasteiger charge is 2.16. The standard InChI is InChI=1S/C27H31N5O2/c1-19-23(20(2)32-27(29-19)24-9-5-6-10-25(24)30-32)11-12-26(33)28-17-21-7-3-4-8-22(21)18-31-13-15-34-16-14-31/h3-10H,11-18H2,1-2H3,(H,28,33). The second-order valence-corrected chi connectivity index (χ2v) is 8.95. The van der Waals surface area contributed by atoms with Crippen molar-refractivity contribution in [2.45, 2.75) is 39.8 Å². The topological polar surface area (TPSA) is 71.8 Å². The Morgan fingerprint density at radius 1 is 1.03 bits per heavy atom. The Morgan fingerprint density at radius 3 is 2.59 bits per heavy atom. The third-order valence-electron chi connectivity index (χ3n) is 6.71. The highest BCUT2D eigenvalue weighted by atomic mass is 16.5. The molecule has 0 radical (unpaired) electrons. The monoisotopic (exact) mass is 457 g/mol. The summed E-state index contributed by atoms with van der Waals surface area (Å²) in [6, 6.07) is 16.4. The first-order chi connectivity index (χ1) is 16.6. The van der Waals surface area contributed by atoms with Crippen molar-refractivity contribution in [3.05, 3.63) is 76.6 Å². The van der Waals surface area contributed by atoms with Crippen molar-refractivity contribution < 1.29 is 9.53 Å². The van der Waals surface area contributed by atoms with E-state index >= 15 is 0 Å². The van der Waals surface area contributed by atoms with Crippen molar-refractivity contribution in [1.82, 2.24) is 24.8 Å². The van der Waals surface area contributed by atoms with Crippen molar-refractivity contribution in [3.8, 4) is 0 Å². The van der Waals surface area contributed by atoms with Crippen LogP contribution in [0.2, 0.25) is 0 Å². The van der Waals surface area contributed by atoms with E-state index in [0.29, 0.717) is 19.4 Å². The molecule has 5 rings (SSSR count). The van der Waals surface area contributed by atoms with Gasteiger partial charge in [0.15, 0.2) is 5.65 Å². The van der Waals surface area contributed by atoms with Gasteiger partial charge in [-0.2, -0.15) is 5.10 Å². The number of ether oxygens (including phenoxy) is 1. The van der Waals surface area contributed by atoms with Gasteiger partial charge >= 0.3 is 0 Å². The van der Waals surface area contributed by atoms with E-state index in [4.69, 9.17) is 14.8 Å². The van der Waals surface area contributed by atoms with Gasteiger partial charge in [0.25, 0.3) is 0 Å². The zero-order valence-corrected chi connectivity index (χ0v) is 19.9. The fraction of sp³-hybridized carbons (Fsp3) is 0.370. The van der Waals surface area contributed by atoms with Gasteiger partial charge in [-0.1, -0.05) is 36.4 Å². The molecule has 1 fully saturated rings.